The molecule has 130 valence electrons. The Morgan fingerprint density at radius 3 is 2.52 bits per heavy atom. The molecule has 2 N–H and O–H groups in total. The summed E-state index contributed by atoms with van der Waals surface area (Å²) in [6.45, 7) is 3.50. The molecule has 1 atom stereocenters. The first-order valence-electron chi connectivity index (χ1n) is 8.25. The smallest absolute Gasteiger partial charge is 0.410 e. The average Bonchev–Trinajstić information content (AvgIpc) is 3.02. The minimum atomic E-state index is -0.281. The lowest BCUT2D eigenvalue weighted by molar-refractivity contribution is 0.157. The van der Waals surface area contributed by atoms with Gasteiger partial charge in [-0.1, -0.05) is 42.5 Å². The Morgan fingerprint density at radius 1 is 1.16 bits per heavy atom. The third kappa shape index (κ3) is 4.50. The zero-order valence-corrected chi connectivity index (χ0v) is 14.1. The van der Waals surface area contributed by atoms with E-state index in [0.29, 0.717) is 25.4 Å². The van der Waals surface area contributed by atoms with Crippen molar-refractivity contribution in [2.24, 2.45) is 0 Å². The van der Waals surface area contributed by atoms with Gasteiger partial charge in [-0.25, -0.2) is 9.59 Å². The van der Waals surface area contributed by atoms with Crippen LogP contribution in [0.4, 0.5) is 15.3 Å². The number of rotatable bonds is 5. The Bertz CT molecular complexity index is 731. The van der Waals surface area contributed by atoms with Crippen LogP contribution in [0.1, 0.15) is 24.1 Å². The van der Waals surface area contributed by atoms with Crippen molar-refractivity contribution in [1.82, 2.24) is 10.2 Å². The molecule has 0 radical (unpaired) electrons. The molecule has 0 bridgehead atoms. The molecule has 1 unspecified atom stereocenters. The third-order valence-corrected chi connectivity index (χ3v) is 4.08. The molecular weight excluding hydrogens is 318 g/mol. The van der Waals surface area contributed by atoms with Gasteiger partial charge in [-0.05, 0) is 30.2 Å². The Balaban J connectivity index is 1.52. The molecule has 1 heterocycles. The highest BCUT2D eigenvalue weighted by Gasteiger charge is 2.21. The Kier molecular flexibility index (Phi) is 5.18. The van der Waals surface area contributed by atoms with E-state index in [9.17, 15) is 9.59 Å². The van der Waals surface area contributed by atoms with Crippen molar-refractivity contribution >= 4 is 17.8 Å². The fourth-order valence-corrected chi connectivity index (χ4v) is 2.67. The summed E-state index contributed by atoms with van der Waals surface area (Å²) >= 11 is 0. The number of ether oxygens (including phenoxy) is 1. The van der Waals surface area contributed by atoms with Gasteiger partial charge in [-0.3, -0.25) is 0 Å². The number of nitrogens with zero attached hydrogens (tertiary/aromatic N) is 1. The number of urea groups is 1. The van der Waals surface area contributed by atoms with E-state index < -0.39 is 0 Å². The lowest BCUT2D eigenvalue weighted by atomic mass is 10.1. The monoisotopic (exact) mass is 339 g/mol. The second-order valence-electron chi connectivity index (χ2n) is 5.96. The fraction of sp³-hybridized carbons (Fsp3) is 0.263. The van der Waals surface area contributed by atoms with Gasteiger partial charge in [-0.2, -0.15) is 0 Å². The first kappa shape index (κ1) is 16.8. The lowest BCUT2D eigenvalue weighted by Gasteiger charge is -2.16. The summed E-state index contributed by atoms with van der Waals surface area (Å²) in [5, 5.41) is 5.72. The van der Waals surface area contributed by atoms with Gasteiger partial charge in [0.25, 0.3) is 0 Å². The van der Waals surface area contributed by atoms with Gasteiger partial charge >= 0.3 is 12.1 Å². The van der Waals surface area contributed by atoms with E-state index >= 15 is 0 Å². The molecule has 0 spiro atoms. The van der Waals surface area contributed by atoms with Crippen molar-refractivity contribution < 1.29 is 14.3 Å². The lowest BCUT2D eigenvalue weighted by Crippen LogP contribution is -2.31. The zero-order chi connectivity index (χ0) is 17.6. The number of carbonyl (C=O) groups excluding carboxylic acids is 2. The predicted octanol–water partition coefficient (Wildman–Crippen LogP) is 3.52. The van der Waals surface area contributed by atoms with E-state index in [2.05, 4.69) is 10.6 Å². The van der Waals surface area contributed by atoms with Crippen molar-refractivity contribution in [3.8, 4) is 0 Å². The molecule has 2 aromatic rings. The maximum absolute atomic E-state index is 12.1. The SMILES string of the molecule is CC(NC(=O)Nc1ccc(CN2CCOC2=O)cc1)c1ccccc1. The molecule has 0 aliphatic carbocycles. The molecule has 25 heavy (non-hydrogen) atoms. The van der Waals surface area contributed by atoms with Crippen molar-refractivity contribution in [2.75, 3.05) is 18.5 Å². The van der Waals surface area contributed by atoms with Gasteiger partial charge < -0.3 is 20.3 Å². The van der Waals surface area contributed by atoms with Gasteiger partial charge in [0, 0.05) is 12.2 Å². The predicted molar refractivity (Wildman–Crippen MR) is 95.2 cm³/mol. The van der Waals surface area contributed by atoms with Crippen LogP contribution in [0.3, 0.4) is 0 Å². The largest absolute Gasteiger partial charge is 0.448 e. The molecular formula is C19H21N3O3. The second-order valence-corrected chi connectivity index (χ2v) is 5.96. The van der Waals surface area contributed by atoms with Crippen molar-refractivity contribution in [1.29, 1.82) is 0 Å². The van der Waals surface area contributed by atoms with Gasteiger partial charge in [0.05, 0.1) is 12.6 Å². The topological polar surface area (TPSA) is 70.7 Å². The zero-order valence-electron chi connectivity index (χ0n) is 14.1. The van der Waals surface area contributed by atoms with Gasteiger partial charge in [0.15, 0.2) is 0 Å². The van der Waals surface area contributed by atoms with E-state index in [-0.39, 0.29) is 18.2 Å². The van der Waals surface area contributed by atoms with Crippen LogP contribution in [0.25, 0.3) is 0 Å². The van der Waals surface area contributed by atoms with E-state index in [1.807, 2.05) is 61.5 Å². The van der Waals surface area contributed by atoms with Crippen LogP contribution >= 0.6 is 0 Å². The molecule has 0 aromatic heterocycles. The minimum absolute atomic E-state index is 0.0818. The number of hydrogen-bond acceptors (Lipinski definition) is 3. The molecule has 6 heteroatoms. The number of cyclic esters (lactones) is 1. The van der Waals surface area contributed by atoms with Crippen molar-refractivity contribution in [2.45, 2.75) is 19.5 Å². The van der Waals surface area contributed by atoms with Crippen molar-refractivity contribution in [3.63, 3.8) is 0 Å². The fourth-order valence-electron chi connectivity index (χ4n) is 2.67. The summed E-state index contributed by atoms with van der Waals surface area (Å²) < 4.78 is 4.91. The molecule has 6 nitrogen and oxygen atoms in total. The summed E-state index contributed by atoms with van der Waals surface area (Å²) in [5.74, 6) is 0. The molecule has 1 aliphatic rings. The summed E-state index contributed by atoms with van der Waals surface area (Å²) in [6, 6.07) is 16.9. The van der Waals surface area contributed by atoms with E-state index in [1.165, 1.54) is 0 Å². The number of anilines is 1. The highest BCUT2D eigenvalue weighted by Crippen LogP contribution is 2.15. The minimum Gasteiger partial charge on any atom is -0.448 e. The van der Waals surface area contributed by atoms with Gasteiger partial charge in [-0.15, -0.1) is 0 Å². The molecule has 1 fully saturated rings. The highest BCUT2D eigenvalue weighted by molar-refractivity contribution is 5.89. The van der Waals surface area contributed by atoms with Crippen molar-refractivity contribution in [3.05, 3.63) is 65.7 Å². The first-order chi connectivity index (χ1) is 12.1. The number of carbonyl (C=O) groups is 2. The first-order valence-corrected chi connectivity index (χ1v) is 8.25. The van der Waals surface area contributed by atoms with Crippen LogP contribution < -0.4 is 10.6 Å². The quantitative estimate of drug-likeness (QED) is 0.875. The highest BCUT2D eigenvalue weighted by atomic mass is 16.6. The number of amides is 3. The molecule has 1 aliphatic heterocycles. The average molecular weight is 339 g/mol. The number of nitrogens with one attached hydrogen (secondary N) is 2. The standard InChI is InChI=1S/C19H21N3O3/c1-14(16-5-3-2-4-6-16)20-18(23)21-17-9-7-15(8-10-17)13-22-11-12-25-19(22)24/h2-10,14H,11-13H2,1H3,(H2,20,21,23). The molecule has 1 saturated heterocycles. The molecule has 3 amide bonds. The third-order valence-electron chi connectivity index (χ3n) is 4.08. The summed E-state index contributed by atoms with van der Waals surface area (Å²) in [5.41, 5.74) is 2.73. The maximum atomic E-state index is 12.1. The van der Waals surface area contributed by atoms with Crippen LogP contribution in [0.15, 0.2) is 54.6 Å². The molecule has 2 aromatic carbocycles. The Hall–Kier alpha value is -3.02. The van der Waals surface area contributed by atoms with E-state index in [0.717, 1.165) is 11.1 Å². The van der Waals surface area contributed by atoms with Crippen LogP contribution in [0.5, 0.6) is 0 Å². The summed E-state index contributed by atoms with van der Waals surface area (Å²) in [7, 11) is 0. The Labute approximate surface area is 146 Å². The normalized spacial score (nSPS) is 14.8. The van der Waals surface area contributed by atoms with Gasteiger partial charge in [0.1, 0.15) is 6.61 Å². The summed E-state index contributed by atoms with van der Waals surface area (Å²) in [4.78, 5) is 25.2. The van der Waals surface area contributed by atoms with E-state index in [4.69, 9.17) is 4.74 Å². The molecule has 0 saturated carbocycles. The van der Waals surface area contributed by atoms with Crippen LogP contribution in [0.2, 0.25) is 0 Å². The maximum Gasteiger partial charge on any atom is 0.410 e. The number of benzene rings is 2. The van der Waals surface area contributed by atoms with E-state index in [1.54, 1.807) is 4.90 Å². The number of hydrogen-bond donors (Lipinski definition) is 2. The Morgan fingerprint density at radius 2 is 1.88 bits per heavy atom. The van der Waals surface area contributed by atoms with Gasteiger partial charge in [0.2, 0.25) is 0 Å². The van der Waals surface area contributed by atoms with Crippen LogP contribution in [-0.4, -0.2) is 30.2 Å². The molecule has 3 rings (SSSR count). The summed E-state index contributed by atoms with van der Waals surface area (Å²) in [6.07, 6.45) is -0.281. The van der Waals surface area contributed by atoms with Crippen LogP contribution in [0, 0.1) is 0 Å². The second kappa shape index (κ2) is 7.70. The van der Waals surface area contributed by atoms with Crippen LogP contribution in [-0.2, 0) is 11.3 Å².